The molecule has 1 heterocycles. The van der Waals surface area contributed by atoms with Crippen molar-refractivity contribution in [2.24, 2.45) is 4.99 Å². The Morgan fingerprint density at radius 2 is 1.65 bits per heavy atom. The van der Waals surface area contributed by atoms with Crippen LogP contribution < -0.4 is 4.90 Å². The van der Waals surface area contributed by atoms with E-state index >= 15 is 0 Å². The van der Waals surface area contributed by atoms with Crippen molar-refractivity contribution in [2.45, 2.75) is 13.8 Å². The van der Waals surface area contributed by atoms with Gasteiger partial charge in [0.05, 0.1) is 23.6 Å². The highest BCUT2D eigenvalue weighted by Crippen LogP contribution is 2.31. The number of esters is 1. The minimum Gasteiger partial charge on any atom is -0.494 e. The third kappa shape index (κ3) is 4.83. The van der Waals surface area contributed by atoms with E-state index < -0.39 is 5.97 Å². The third-order valence-corrected chi connectivity index (χ3v) is 5.35. The summed E-state index contributed by atoms with van der Waals surface area (Å²) < 4.78 is 4.98. The van der Waals surface area contributed by atoms with Gasteiger partial charge in [-0.2, -0.15) is 0 Å². The monoisotopic (exact) mass is 455 g/mol. The number of nitrogens with one attached hydrogen (secondary N) is 1. The fourth-order valence-corrected chi connectivity index (χ4v) is 3.78. The van der Waals surface area contributed by atoms with E-state index in [2.05, 4.69) is 4.98 Å². The van der Waals surface area contributed by atoms with Gasteiger partial charge in [0, 0.05) is 29.1 Å². The van der Waals surface area contributed by atoms with Crippen LogP contribution in [0.25, 0.3) is 10.9 Å². The largest absolute Gasteiger partial charge is 0.494 e. The zero-order valence-electron chi connectivity index (χ0n) is 19.0. The molecule has 0 radical (unpaired) electrons. The molecular formula is C27H25N3O4. The van der Waals surface area contributed by atoms with Gasteiger partial charge in [-0.25, -0.2) is 4.99 Å². The van der Waals surface area contributed by atoms with Gasteiger partial charge in [-0.1, -0.05) is 48.5 Å². The van der Waals surface area contributed by atoms with Gasteiger partial charge in [-0.15, -0.1) is 0 Å². The Bertz CT molecular complexity index is 1340. The Hall–Kier alpha value is -4.39. The maximum Gasteiger partial charge on any atom is 0.326 e. The van der Waals surface area contributed by atoms with Gasteiger partial charge in [-0.05, 0) is 37.3 Å². The number of hydrogen-bond acceptors (Lipinski definition) is 5. The van der Waals surface area contributed by atoms with E-state index in [1.165, 1.54) is 11.8 Å². The van der Waals surface area contributed by atoms with Crippen molar-refractivity contribution >= 4 is 39.9 Å². The highest BCUT2D eigenvalue weighted by Gasteiger charge is 2.19. The number of amides is 1. The molecule has 0 saturated carbocycles. The number of fused-ring (bicyclic) bond motifs is 1. The summed E-state index contributed by atoms with van der Waals surface area (Å²) in [6.45, 7) is 3.21. The smallest absolute Gasteiger partial charge is 0.326 e. The highest BCUT2D eigenvalue weighted by atomic mass is 16.5. The van der Waals surface area contributed by atoms with E-state index in [0.717, 1.165) is 16.5 Å². The average molecular weight is 456 g/mol. The van der Waals surface area contributed by atoms with Crippen molar-refractivity contribution < 1.29 is 19.4 Å². The summed E-state index contributed by atoms with van der Waals surface area (Å²) in [5.74, 6) is -0.698. The number of carbonyl (C=O) groups excluding carboxylic acids is 2. The van der Waals surface area contributed by atoms with Gasteiger partial charge in [0.1, 0.15) is 6.54 Å². The number of nitrogens with zero attached hydrogens (tertiary/aromatic N) is 2. The van der Waals surface area contributed by atoms with Gasteiger partial charge in [-0.3, -0.25) is 9.59 Å². The van der Waals surface area contributed by atoms with Crippen LogP contribution in [0.3, 0.4) is 0 Å². The average Bonchev–Trinajstić information content (AvgIpc) is 3.17. The Morgan fingerprint density at radius 1 is 0.971 bits per heavy atom. The number of para-hydroxylation sites is 1. The maximum atomic E-state index is 12.1. The first-order valence-electron chi connectivity index (χ1n) is 11.0. The molecule has 0 aliphatic heterocycles. The predicted molar refractivity (Wildman–Crippen MR) is 133 cm³/mol. The summed E-state index contributed by atoms with van der Waals surface area (Å²) in [5.41, 5.74) is 4.07. The molecular weight excluding hydrogens is 430 g/mol. The first kappa shape index (κ1) is 22.8. The van der Waals surface area contributed by atoms with E-state index in [-0.39, 0.29) is 24.9 Å². The molecule has 0 atom stereocenters. The summed E-state index contributed by atoms with van der Waals surface area (Å²) in [4.78, 5) is 33.2. The Balaban J connectivity index is 1.75. The molecule has 172 valence electrons. The number of aromatic hydroxyl groups is 1. The van der Waals surface area contributed by atoms with Gasteiger partial charge in [0.2, 0.25) is 5.91 Å². The highest BCUT2D eigenvalue weighted by molar-refractivity contribution is 6.21. The lowest BCUT2D eigenvalue weighted by molar-refractivity contribution is -0.142. The zero-order valence-corrected chi connectivity index (χ0v) is 19.0. The first-order valence-corrected chi connectivity index (χ1v) is 11.0. The fourth-order valence-electron chi connectivity index (χ4n) is 3.78. The number of rotatable bonds is 7. The molecule has 0 unspecified atom stereocenters. The molecule has 0 aliphatic carbocycles. The molecule has 0 fully saturated rings. The molecule has 1 amide bonds. The first-order chi connectivity index (χ1) is 16.5. The molecule has 7 nitrogen and oxygen atoms in total. The van der Waals surface area contributed by atoms with Gasteiger partial charge in [0.25, 0.3) is 0 Å². The van der Waals surface area contributed by atoms with E-state index in [9.17, 15) is 14.7 Å². The Labute approximate surface area is 197 Å². The van der Waals surface area contributed by atoms with Crippen molar-refractivity contribution in [3.8, 4) is 5.88 Å². The number of benzene rings is 3. The lowest BCUT2D eigenvalue weighted by atomic mass is 10.0. The third-order valence-electron chi connectivity index (χ3n) is 5.35. The molecule has 0 spiro atoms. The summed E-state index contributed by atoms with van der Waals surface area (Å²) in [5, 5.41) is 11.6. The van der Waals surface area contributed by atoms with Crippen LogP contribution in [0.15, 0.2) is 83.9 Å². The van der Waals surface area contributed by atoms with Crippen LogP contribution in [-0.4, -0.2) is 40.8 Å². The van der Waals surface area contributed by atoms with Crippen molar-refractivity contribution in [3.05, 3.63) is 90.0 Å². The van der Waals surface area contributed by atoms with Crippen LogP contribution in [0.2, 0.25) is 0 Å². The topological polar surface area (TPSA) is 95.0 Å². The van der Waals surface area contributed by atoms with Crippen LogP contribution in [0.4, 0.5) is 11.4 Å². The summed E-state index contributed by atoms with van der Waals surface area (Å²) >= 11 is 0. The minimum absolute atomic E-state index is 0.0395. The second kappa shape index (κ2) is 10.0. The van der Waals surface area contributed by atoms with Crippen molar-refractivity contribution in [2.75, 3.05) is 18.1 Å². The molecule has 1 aromatic heterocycles. The molecule has 0 bridgehead atoms. The van der Waals surface area contributed by atoms with Crippen LogP contribution >= 0.6 is 0 Å². The predicted octanol–water partition coefficient (Wildman–Crippen LogP) is 4.96. The molecule has 3 aromatic carbocycles. The molecule has 2 N–H and O–H groups in total. The van der Waals surface area contributed by atoms with Crippen LogP contribution in [0, 0.1) is 0 Å². The normalized spacial score (nSPS) is 11.4. The molecule has 4 aromatic rings. The summed E-state index contributed by atoms with van der Waals surface area (Å²) in [6, 6.07) is 24.3. The van der Waals surface area contributed by atoms with E-state index in [0.29, 0.717) is 22.6 Å². The van der Waals surface area contributed by atoms with Crippen LogP contribution in [-0.2, 0) is 14.3 Å². The number of H-pyrrole nitrogens is 1. The molecule has 0 aliphatic rings. The van der Waals surface area contributed by atoms with Crippen LogP contribution in [0.5, 0.6) is 5.88 Å². The number of aliphatic imine (C=N–C) groups is 1. The lowest BCUT2D eigenvalue weighted by Gasteiger charge is -2.20. The number of ether oxygens (including phenoxy) is 1. The number of aromatic amines is 1. The Morgan fingerprint density at radius 3 is 2.32 bits per heavy atom. The summed E-state index contributed by atoms with van der Waals surface area (Å²) in [7, 11) is 0. The van der Waals surface area contributed by atoms with Crippen molar-refractivity contribution in [1.29, 1.82) is 0 Å². The molecule has 34 heavy (non-hydrogen) atoms. The molecule has 0 saturated heterocycles. The van der Waals surface area contributed by atoms with E-state index in [4.69, 9.17) is 9.73 Å². The van der Waals surface area contributed by atoms with Gasteiger partial charge < -0.3 is 19.7 Å². The molecule has 4 rings (SSSR count). The number of aromatic nitrogens is 1. The van der Waals surface area contributed by atoms with Gasteiger partial charge in [0.15, 0.2) is 5.88 Å². The standard InChI is InChI=1S/C27H25N3O4/c1-3-34-24(32)17-30(18(2)31)21-15-13-20(14-16-21)28-26(19-9-5-4-6-10-19)25-22-11-7-8-12-23(22)29-27(25)33/h4-16,29,33H,3,17H2,1-2H3. The molecule has 7 heteroatoms. The number of anilines is 1. The second-order valence-corrected chi connectivity index (χ2v) is 7.65. The van der Waals surface area contributed by atoms with E-state index in [1.54, 1.807) is 31.2 Å². The SMILES string of the molecule is CCOC(=O)CN(C(C)=O)c1ccc(N=C(c2ccccc2)c2c(O)[nH]c3ccccc23)cc1. The number of hydrogen-bond donors (Lipinski definition) is 2. The quantitative estimate of drug-likeness (QED) is 0.304. The Kier molecular flexibility index (Phi) is 6.73. The number of carbonyl (C=O) groups is 2. The zero-order chi connectivity index (χ0) is 24.1. The van der Waals surface area contributed by atoms with Crippen molar-refractivity contribution in [1.82, 2.24) is 4.98 Å². The second-order valence-electron chi connectivity index (χ2n) is 7.65. The minimum atomic E-state index is -0.471. The van der Waals surface area contributed by atoms with Gasteiger partial charge >= 0.3 is 5.97 Å². The van der Waals surface area contributed by atoms with E-state index in [1.807, 2.05) is 54.6 Å². The fraction of sp³-hybridized carbons (Fsp3) is 0.148. The van der Waals surface area contributed by atoms with Crippen LogP contribution in [0.1, 0.15) is 25.0 Å². The summed E-state index contributed by atoms with van der Waals surface area (Å²) in [6.07, 6.45) is 0. The maximum absolute atomic E-state index is 12.1. The lowest BCUT2D eigenvalue weighted by Crippen LogP contribution is -2.34. The van der Waals surface area contributed by atoms with Crippen molar-refractivity contribution in [3.63, 3.8) is 0 Å².